The number of carbonyl (C=O) groups excluding carboxylic acids is 1. The molecule has 2 atom stereocenters. The molecule has 0 N–H and O–H groups in total. The summed E-state index contributed by atoms with van der Waals surface area (Å²) in [7, 11) is 0. The molecule has 1 aromatic heterocycles. The van der Waals surface area contributed by atoms with Crippen molar-refractivity contribution in [2.24, 2.45) is 5.92 Å². The molecule has 2 aromatic rings. The Balaban J connectivity index is 1.46. The highest BCUT2D eigenvalue weighted by Crippen LogP contribution is 2.35. The average molecular weight is 343 g/mol. The Labute approximate surface area is 146 Å². The van der Waals surface area contributed by atoms with E-state index in [1.165, 1.54) is 42.6 Å². The molecule has 2 aliphatic rings. The van der Waals surface area contributed by atoms with Crippen LogP contribution in [0.2, 0.25) is 0 Å². The predicted molar refractivity (Wildman–Crippen MR) is 89.9 cm³/mol. The molecule has 0 bridgehead atoms. The van der Waals surface area contributed by atoms with Gasteiger partial charge in [-0.25, -0.2) is 4.39 Å². The average Bonchev–Trinajstić information content (AvgIpc) is 3.10. The van der Waals surface area contributed by atoms with Crippen LogP contribution in [0.4, 0.5) is 4.39 Å². The molecule has 7 heteroatoms. The number of aromatic nitrogens is 4. The first-order valence-electron chi connectivity index (χ1n) is 9.04. The van der Waals surface area contributed by atoms with Gasteiger partial charge in [-0.2, -0.15) is 4.80 Å². The number of piperidine rings is 1. The lowest BCUT2D eigenvalue weighted by atomic mass is 9.78. The van der Waals surface area contributed by atoms with Crippen LogP contribution in [0, 0.1) is 11.7 Å². The maximum absolute atomic E-state index is 13.3. The van der Waals surface area contributed by atoms with Gasteiger partial charge in [-0.1, -0.05) is 25.0 Å². The molecule has 1 aliphatic heterocycles. The lowest BCUT2D eigenvalue weighted by molar-refractivity contribution is -0.138. The van der Waals surface area contributed by atoms with Crippen molar-refractivity contribution >= 4 is 5.91 Å². The Morgan fingerprint density at radius 2 is 2.04 bits per heavy atom. The number of tetrazole rings is 1. The van der Waals surface area contributed by atoms with E-state index in [1.54, 1.807) is 12.1 Å². The highest BCUT2D eigenvalue weighted by Gasteiger charge is 2.35. The minimum absolute atomic E-state index is 0.0554. The highest BCUT2D eigenvalue weighted by atomic mass is 19.1. The molecular formula is C18H22FN5O. The lowest BCUT2D eigenvalue weighted by Crippen LogP contribution is -2.50. The summed E-state index contributed by atoms with van der Waals surface area (Å²) in [6.45, 7) is 0.914. The molecule has 1 saturated heterocycles. The Bertz CT molecular complexity index is 759. The lowest BCUT2D eigenvalue weighted by Gasteiger charge is -2.44. The fourth-order valence-corrected chi connectivity index (χ4v) is 4.20. The number of likely N-dealkylation sites (tertiary alicyclic amines) is 1. The van der Waals surface area contributed by atoms with Crippen molar-refractivity contribution in [1.82, 2.24) is 25.1 Å². The van der Waals surface area contributed by atoms with Crippen molar-refractivity contribution in [2.75, 3.05) is 6.54 Å². The van der Waals surface area contributed by atoms with Gasteiger partial charge >= 0.3 is 0 Å². The third kappa shape index (κ3) is 3.41. The number of amides is 1. The standard InChI is InChI=1S/C18H22FN5O/c19-15-8-3-6-14(11-15)18-20-22-24(21-18)12-17(25)23-10-4-7-13-5-1-2-9-16(13)23/h3,6,8,11,13,16H,1-2,4-5,7,9-10,12H2/t13-,16-/m1/s1. The number of benzene rings is 1. The maximum Gasteiger partial charge on any atom is 0.246 e. The van der Waals surface area contributed by atoms with Gasteiger partial charge in [0.05, 0.1) is 0 Å². The first-order valence-corrected chi connectivity index (χ1v) is 9.04. The number of carbonyl (C=O) groups is 1. The fraction of sp³-hybridized carbons (Fsp3) is 0.556. The summed E-state index contributed by atoms with van der Waals surface area (Å²) >= 11 is 0. The topological polar surface area (TPSA) is 63.9 Å². The molecule has 132 valence electrons. The van der Waals surface area contributed by atoms with Crippen LogP contribution in [0.1, 0.15) is 38.5 Å². The molecule has 1 aromatic carbocycles. The zero-order valence-corrected chi connectivity index (χ0v) is 14.1. The quantitative estimate of drug-likeness (QED) is 0.859. The van der Waals surface area contributed by atoms with Crippen LogP contribution in [-0.2, 0) is 11.3 Å². The smallest absolute Gasteiger partial charge is 0.246 e. The third-order valence-electron chi connectivity index (χ3n) is 5.38. The number of halogens is 1. The van der Waals surface area contributed by atoms with Gasteiger partial charge in [-0.05, 0) is 48.9 Å². The van der Waals surface area contributed by atoms with Crippen LogP contribution in [0.25, 0.3) is 11.4 Å². The summed E-state index contributed by atoms with van der Waals surface area (Å²) in [4.78, 5) is 16.1. The SMILES string of the molecule is O=C(Cn1nnc(-c2cccc(F)c2)n1)N1CCC[C@H]2CCCC[C@H]21. The molecular weight excluding hydrogens is 321 g/mol. The van der Waals surface area contributed by atoms with Gasteiger partial charge in [0.25, 0.3) is 0 Å². The van der Waals surface area contributed by atoms with E-state index in [9.17, 15) is 9.18 Å². The Morgan fingerprint density at radius 1 is 1.20 bits per heavy atom. The highest BCUT2D eigenvalue weighted by molar-refractivity contribution is 5.76. The van der Waals surface area contributed by atoms with Gasteiger partial charge in [0.1, 0.15) is 12.4 Å². The van der Waals surface area contributed by atoms with Gasteiger partial charge in [0, 0.05) is 18.2 Å². The van der Waals surface area contributed by atoms with Gasteiger partial charge in [0.15, 0.2) is 0 Å². The van der Waals surface area contributed by atoms with Crippen molar-refractivity contribution in [3.05, 3.63) is 30.1 Å². The number of hydrogen-bond donors (Lipinski definition) is 0. The van der Waals surface area contributed by atoms with Crippen LogP contribution in [0.5, 0.6) is 0 Å². The van der Waals surface area contributed by atoms with E-state index in [-0.39, 0.29) is 18.3 Å². The monoisotopic (exact) mass is 343 g/mol. The predicted octanol–water partition coefficient (Wildman–Crippen LogP) is 2.66. The van der Waals surface area contributed by atoms with Crippen molar-refractivity contribution in [3.63, 3.8) is 0 Å². The summed E-state index contributed by atoms with van der Waals surface area (Å²) in [5.74, 6) is 0.695. The zero-order valence-electron chi connectivity index (χ0n) is 14.1. The first kappa shape index (κ1) is 16.2. The summed E-state index contributed by atoms with van der Waals surface area (Å²) in [6.07, 6.45) is 7.14. The Morgan fingerprint density at radius 3 is 2.92 bits per heavy atom. The van der Waals surface area contributed by atoms with E-state index < -0.39 is 0 Å². The summed E-state index contributed by atoms with van der Waals surface area (Å²) in [5.41, 5.74) is 0.559. The van der Waals surface area contributed by atoms with Crippen LogP contribution >= 0.6 is 0 Å². The second-order valence-corrected chi connectivity index (χ2v) is 7.00. The molecule has 4 rings (SSSR count). The zero-order chi connectivity index (χ0) is 17.2. The van der Waals surface area contributed by atoms with Crippen LogP contribution in [0.15, 0.2) is 24.3 Å². The fourth-order valence-electron chi connectivity index (χ4n) is 4.20. The Hall–Kier alpha value is -2.31. The second-order valence-electron chi connectivity index (χ2n) is 7.00. The molecule has 1 aliphatic carbocycles. The molecule has 1 amide bonds. The number of hydrogen-bond acceptors (Lipinski definition) is 4. The van der Waals surface area contributed by atoms with Crippen molar-refractivity contribution in [1.29, 1.82) is 0 Å². The maximum atomic E-state index is 13.3. The third-order valence-corrected chi connectivity index (χ3v) is 5.38. The van der Waals surface area contributed by atoms with Crippen LogP contribution < -0.4 is 0 Å². The van der Waals surface area contributed by atoms with E-state index in [2.05, 4.69) is 15.4 Å². The first-order chi connectivity index (χ1) is 12.2. The van der Waals surface area contributed by atoms with Gasteiger partial charge < -0.3 is 4.90 Å². The summed E-state index contributed by atoms with van der Waals surface area (Å²) in [6, 6.07) is 6.44. The van der Waals surface area contributed by atoms with Crippen LogP contribution in [-0.4, -0.2) is 43.6 Å². The van der Waals surface area contributed by atoms with Crippen molar-refractivity contribution in [3.8, 4) is 11.4 Å². The second kappa shape index (κ2) is 6.90. The molecule has 25 heavy (non-hydrogen) atoms. The minimum Gasteiger partial charge on any atom is -0.338 e. The van der Waals surface area contributed by atoms with E-state index in [4.69, 9.17) is 0 Å². The Kier molecular flexibility index (Phi) is 4.46. The van der Waals surface area contributed by atoms with Crippen molar-refractivity contribution < 1.29 is 9.18 Å². The van der Waals surface area contributed by atoms with Crippen molar-refractivity contribution in [2.45, 2.75) is 51.1 Å². The van der Waals surface area contributed by atoms with Gasteiger partial charge in [-0.3, -0.25) is 4.79 Å². The number of fused-ring (bicyclic) bond motifs is 1. The molecule has 0 unspecified atom stereocenters. The normalized spacial score (nSPS) is 23.3. The molecule has 0 radical (unpaired) electrons. The molecule has 2 heterocycles. The number of rotatable bonds is 3. The van der Waals surface area contributed by atoms with Crippen LogP contribution in [0.3, 0.4) is 0 Å². The molecule has 6 nitrogen and oxygen atoms in total. The van der Waals surface area contributed by atoms with E-state index in [1.807, 2.05) is 4.90 Å². The minimum atomic E-state index is -0.346. The molecule has 1 saturated carbocycles. The largest absolute Gasteiger partial charge is 0.338 e. The summed E-state index contributed by atoms with van der Waals surface area (Å²) in [5, 5.41) is 12.2. The number of nitrogens with zero attached hydrogens (tertiary/aromatic N) is 5. The van der Waals surface area contributed by atoms with E-state index in [0.717, 1.165) is 19.4 Å². The van der Waals surface area contributed by atoms with E-state index in [0.29, 0.717) is 23.3 Å². The van der Waals surface area contributed by atoms with Gasteiger partial charge in [0.2, 0.25) is 11.7 Å². The summed E-state index contributed by atoms with van der Waals surface area (Å²) < 4.78 is 13.3. The van der Waals surface area contributed by atoms with E-state index >= 15 is 0 Å². The molecule has 2 fully saturated rings. The molecule has 0 spiro atoms. The van der Waals surface area contributed by atoms with Gasteiger partial charge in [-0.15, -0.1) is 10.2 Å².